The summed E-state index contributed by atoms with van der Waals surface area (Å²) in [5.41, 5.74) is 0. The van der Waals surface area contributed by atoms with Gasteiger partial charge in [0.2, 0.25) is 0 Å². The minimum Gasteiger partial charge on any atom is -0.316 e. The molecule has 0 heterocycles. The number of hydrogen-bond donors (Lipinski definition) is 1. The van der Waals surface area contributed by atoms with E-state index in [-0.39, 0.29) is 0 Å². The van der Waals surface area contributed by atoms with Crippen molar-refractivity contribution < 1.29 is 0 Å². The molecule has 2 atom stereocenters. The molecule has 2 rings (SSSR count). The Morgan fingerprint density at radius 3 is 2.67 bits per heavy atom. The van der Waals surface area contributed by atoms with Crippen molar-refractivity contribution in [2.75, 3.05) is 13.1 Å². The lowest BCUT2D eigenvalue weighted by Crippen LogP contribution is -2.22. The summed E-state index contributed by atoms with van der Waals surface area (Å²) in [5.74, 6) is 4.14. The summed E-state index contributed by atoms with van der Waals surface area (Å²) in [4.78, 5) is 0. The fourth-order valence-corrected chi connectivity index (χ4v) is 2.16. The maximum Gasteiger partial charge on any atom is -0.00175 e. The van der Waals surface area contributed by atoms with E-state index in [4.69, 9.17) is 0 Å². The van der Waals surface area contributed by atoms with Crippen LogP contribution in [-0.2, 0) is 0 Å². The SMILES string of the molecule is CC(C)CNCC1CC1C1CC1. The van der Waals surface area contributed by atoms with Gasteiger partial charge in [-0.2, -0.15) is 0 Å². The van der Waals surface area contributed by atoms with Gasteiger partial charge in [0.1, 0.15) is 0 Å². The highest BCUT2D eigenvalue weighted by molar-refractivity contribution is 4.97. The lowest BCUT2D eigenvalue weighted by atomic mass is 10.2. The van der Waals surface area contributed by atoms with Gasteiger partial charge >= 0.3 is 0 Å². The van der Waals surface area contributed by atoms with Gasteiger partial charge in [0.25, 0.3) is 0 Å². The van der Waals surface area contributed by atoms with E-state index in [0.29, 0.717) is 0 Å². The lowest BCUT2D eigenvalue weighted by Gasteiger charge is -2.06. The van der Waals surface area contributed by atoms with Crippen LogP contribution in [0, 0.1) is 23.7 Å². The zero-order valence-corrected chi connectivity index (χ0v) is 8.34. The minimum atomic E-state index is 0.808. The molecule has 2 saturated carbocycles. The first-order valence-electron chi connectivity index (χ1n) is 5.48. The van der Waals surface area contributed by atoms with Gasteiger partial charge in [-0.25, -0.2) is 0 Å². The standard InChI is InChI=1S/C11H21N/c1-8(2)6-12-7-10-5-11(10)9-3-4-9/h8-12H,3-7H2,1-2H3. The molecular weight excluding hydrogens is 146 g/mol. The molecule has 2 unspecified atom stereocenters. The molecule has 0 spiro atoms. The Kier molecular flexibility index (Phi) is 2.40. The largest absolute Gasteiger partial charge is 0.316 e. The quantitative estimate of drug-likeness (QED) is 0.662. The zero-order valence-electron chi connectivity index (χ0n) is 8.34. The van der Waals surface area contributed by atoms with E-state index in [0.717, 1.165) is 23.7 Å². The second-order valence-corrected chi connectivity index (χ2v) is 5.05. The smallest absolute Gasteiger partial charge is 0.00175 e. The molecule has 0 aromatic rings. The Labute approximate surface area is 75.9 Å². The Morgan fingerprint density at radius 1 is 1.33 bits per heavy atom. The van der Waals surface area contributed by atoms with Crippen molar-refractivity contribution in [2.45, 2.75) is 33.1 Å². The third-order valence-electron chi connectivity index (χ3n) is 3.16. The van der Waals surface area contributed by atoms with Crippen molar-refractivity contribution in [3.63, 3.8) is 0 Å². The predicted molar refractivity (Wildman–Crippen MR) is 52.0 cm³/mol. The van der Waals surface area contributed by atoms with Crippen LogP contribution in [-0.4, -0.2) is 13.1 Å². The molecule has 0 radical (unpaired) electrons. The summed E-state index contributed by atoms with van der Waals surface area (Å²) < 4.78 is 0. The first kappa shape index (κ1) is 8.55. The van der Waals surface area contributed by atoms with Crippen LogP contribution < -0.4 is 5.32 Å². The predicted octanol–water partition coefficient (Wildman–Crippen LogP) is 2.28. The summed E-state index contributed by atoms with van der Waals surface area (Å²) in [6, 6.07) is 0. The third kappa shape index (κ3) is 2.22. The molecule has 12 heavy (non-hydrogen) atoms. The number of nitrogens with one attached hydrogen (secondary N) is 1. The van der Waals surface area contributed by atoms with E-state index in [2.05, 4.69) is 19.2 Å². The van der Waals surface area contributed by atoms with Gasteiger partial charge in [0, 0.05) is 0 Å². The summed E-state index contributed by atoms with van der Waals surface area (Å²) >= 11 is 0. The van der Waals surface area contributed by atoms with E-state index in [1.165, 1.54) is 32.4 Å². The Bertz CT molecular complexity index is 149. The van der Waals surface area contributed by atoms with Gasteiger partial charge in [0.15, 0.2) is 0 Å². The van der Waals surface area contributed by atoms with Gasteiger partial charge < -0.3 is 5.32 Å². The Morgan fingerprint density at radius 2 is 2.08 bits per heavy atom. The molecule has 1 N–H and O–H groups in total. The molecule has 0 aromatic carbocycles. The van der Waals surface area contributed by atoms with Crippen LogP contribution in [0.15, 0.2) is 0 Å². The lowest BCUT2D eigenvalue weighted by molar-refractivity contribution is 0.513. The van der Waals surface area contributed by atoms with Gasteiger partial charge in [-0.3, -0.25) is 0 Å². The zero-order chi connectivity index (χ0) is 8.55. The molecule has 0 bridgehead atoms. The Hall–Kier alpha value is -0.0400. The molecule has 2 aliphatic rings. The van der Waals surface area contributed by atoms with Crippen LogP contribution in [0.5, 0.6) is 0 Å². The molecule has 70 valence electrons. The molecule has 0 aliphatic heterocycles. The summed E-state index contributed by atoms with van der Waals surface area (Å²) in [5, 5.41) is 3.56. The van der Waals surface area contributed by atoms with Gasteiger partial charge in [-0.15, -0.1) is 0 Å². The van der Waals surface area contributed by atoms with Crippen LogP contribution in [0.25, 0.3) is 0 Å². The van der Waals surface area contributed by atoms with E-state index in [9.17, 15) is 0 Å². The van der Waals surface area contributed by atoms with E-state index in [1.54, 1.807) is 0 Å². The minimum absolute atomic E-state index is 0.808. The average Bonchev–Trinajstić information content (AvgIpc) is 2.80. The monoisotopic (exact) mass is 167 g/mol. The fraction of sp³-hybridized carbons (Fsp3) is 1.00. The summed E-state index contributed by atoms with van der Waals surface area (Å²) in [7, 11) is 0. The van der Waals surface area contributed by atoms with Crippen molar-refractivity contribution in [1.29, 1.82) is 0 Å². The third-order valence-corrected chi connectivity index (χ3v) is 3.16. The second kappa shape index (κ2) is 3.37. The van der Waals surface area contributed by atoms with E-state index in [1.807, 2.05) is 0 Å². The molecule has 0 amide bonds. The van der Waals surface area contributed by atoms with Gasteiger partial charge in [0.05, 0.1) is 0 Å². The first-order chi connectivity index (χ1) is 5.77. The summed E-state index contributed by atoms with van der Waals surface area (Å²) in [6.07, 6.45) is 4.59. The molecule has 2 aliphatic carbocycles. The average molecular weight is 167 g/mol. The van der Waals surface area contributed by atoms with Crippen LogP contribution in [0.3, 0.4) is 0 Å². The molecule has 2 fully saturated rings. The highest BCUT2D eigenvalue weighted by Crippen LogP contribution is 2.53. The van der Waals surface area contributed by atoms with Crippen molar-refractivity contribution in [3.8, 4) is 0 Å². The van der Waals surface area contributed by atoms with Crippen molar-refractivity contribution in [2.24, 2.45) is 23.7 Å². The number of rotatable bonds is 5. The van der Waals surface area contributed by atoms with Gasteiger partial charge in [-0.1, -0.05) is 13.8 Å². The van der Waals surface area contributed by atoms with Crippen molar-refractivity contribution in [3.05, 3.63) is 0 Å². The second-order valence-electron chi connectivity index (χ2n) is 5.05. The van der Waals surface area contributed by atoms with Crippen LogP contribution in [0.4, 0.5) is 0 Å². The van der Waals surface area contributed by atoms with Crippen LogP contribution >= 0.6 is 0 Å². The molecule has 1 heteroatoms. The molecule has 0 aromatic heterocycles. The van der Waals surface area contributed by atoms with Crippen molar-refractivity contribution >= 4 is 0 Å². The van der Waals surface area contributed by atoms with Crippen molar-refractivity contribution in [1.82, 2.24) is 5.32 Å². The number of hydrogen-bond acceptors (Lipinski definition) is 1. The molecule has 0 saturated heterocycles. The van der Waals surface area contributed by atoms with E-state index < -0.39 is 0 Å². The van der Waals surface area contributed by atoms with Crippen LogP contribution in [0.2, 0.25) is 0 Å². The summed E-state index contributed by atoms with van der Waals surface area (Å²) in [6.45, 7) is 7.05. The maximum atomic E-state index is 3.56. The van der Waals surface area contributed by atoms with E-state index >= 15 is 0 Å². The molecule has 1 nitrogen and oxygen atoms in total. The highest BCUT2D eigenvalue weighted by atomic mass is 14.9. The maximum absolute atomic E-state index is 3.56. The molecular formula is C11H21N. The fourth-order valence-electron chi connectivity index (χ4n) is 2.16. The van der Waals surface area contributed by atoms with Gasteiger partial charge in [-0.05, 0) is 56.0 Å². The van der Waals surface area contributed by atoms with Crippen LogP contribution in [0.1, 0.15) is 33.1 Å². The Balaban J connectivity index is 1.52. The normalized spacial score (nSPS) is 34.2. The first-order valence-corrected chi connectivity index (χ1v) is 5.48. The topological polar surface area (TPSA) is 12.0 Å². The highest BCUT2D eigenvalue weighted by Gasteiger charge is 2.46.